The van der Waals surface area contributed by atoms with E-state index < -0.39 is 6.09 Å². The van der Waals surface area contributed by atoms with Crippen LogP contribution in [0.15, 0.2) is 0 Å². The summed E-state index contributed by atoms with van der Waals surface area (Å²) in [5, 5.41) is 10.9. The minimum absolute atomic E-state index is 0.109. The SMILES string of the molecule is C[C@H]1CN(C)C[C@@H]1NC(=O)O. The topological polar surface area (TPSA) is 52.6 Å². The third-order valence-corrected chi connectivity index (χ3v) is 2.10. The predicted octanol–water partition coefficient (Wildman–Crippen LogP) is 0.204. The molecule has 11 heavy (non-hydrogen) atoms. The highest BCUT2D eigenvalue weighted by molar-refractivity contribution is 5.65. The van der Waals surface area contributed by atoms with E-state index in [1.54, 1.807) is 0 Å². The molecule has 0 aromatic carbocycles. The third-order valence-electron chi connectivity index (χ3n) is 2.10. The van der Waals surface area contributed by atoms with Crippen LogP contribution in [0.4, 0.5) is 4.79 Å². The molecule has 64 valence electrons. The zero-order chi connectivity index (χ0) is 8.43. The lowest BCUT2D eigenvalue weighted by atomic mass is 10.1. The van der Waals surface area contributed by atoms with Gasteiger partial charge in [0.05, 0.1) is 0 Å². The lowest BCUT2D eigenvalue weighted by Gasteiger charge is -2.12. The van der Waals surface area contributed by atoms with Crippen LogP contribution in [-0.4, -0.2) is 42.3 Å². The molecule has 4 heteroatoms. The van der Waals surface area contributed by atoms with Crippen LogP contribution in [0.25, 0.3) is 0 Å². The first-order valence-corrected chi connectivity index (χ1v) is 3.77. The number of likely N-dealkylation sites (tertiary alicyclic amines) is 1. The lowest BCUT2D eigenvalue weighted by molar-refractivity contribution is 0.188. The average Bonchev–Trinajstić information content (AvgIpc) is 2.09. The summed E-state index contributed by atoms with van der Waals surface area (Å²) in [6.45, 7) is 3.86. The number of amides is 1. The minimum Gasteiger partial charge on any atom is -0.465 e. The maximum absolute atomic E-state index is 10.3. The van der Waals surface area contributed by atoms with Gasteiger partial charge in [-0.05, 0) is 13.0 Å². The number of rotatable bonds is 1. The molecule has 2 atom stereocenters. The van der Waals surface area contributed by atoms with Crippen molar-refractivity contribution in [2.45, 2.75) is 13.0 Å². The van der Waals surface area contributed by atoms with Crippen molar-refractivity contribution in [3.63, 3.8) is 0 Å². The van der Waals surface area contributed by atoms with Gasteiger partial charge in [0.2, 0.25) is 0 Å². The quantitative estimate of drug-likeness (QED) is 0.573. The fourth-order valence-electron chi connectivity index (χ4n) is 1.56. The van der Waals surface area contributed by atoms with E-state index >= 15 is 0 Å². The van der Waals surface area contributed by atoms with Crippen molar-refractivity contribution in [2.75, 3.05) is 20.1 Å². The second-order valence-corrected chi connectivity index (χ2v) is 3.25. The van der Waals surface area contributed by atoms with Crippen molar-refractivity contribution in [2.24, 2.45) is 5.92 Å². The summed E-state index contributed by atoms with van der Waals surface area (Å²) < 4.78 is 0. The highest BCUT2D eigenvalue weighted by atomic mass is 16.4. The number of carbonyl (C=O) groups is 1. The normalized spacial score (nSPS) is 32.2. The Morgan fingerprint density at radius 1 is 1.64 bits per heavy atom. The number of nitrogens with one attached hydrogen (secondary N) is 1. The Balaban J connectivity index is 2.40. The van der Waals surface area contributed by atoms with Crippen molar-refractivity contribution < 1.29 is 9.90 Å². The predicted molar refractivity (Wildman–Crippen MR) is 41.6 cm³/mol. The molecule has 1 saturated heterocycles. The largest absolute Gasteiger partial charge is 0.465 e. The lowest BCUT2D eigenvalue weighted by Crippen LogP contribution is -2.38. The molecule has 4 nitrogen and oxygen atoms in total. The van der Waals surface area contributed by atoms with Crippen LogP contribution < -0.4 is 5.32 Å². The molecule has 2 N–H and O–H groups in total. The fourth-order valence-corrected chi connectivity index (χ4v) is 1.56. The van der Waals surface area contributed by atoms with Crippen LogP contribution in [0.2, 0.25) is 0 Å². The molecule has 1 amide bonds. The number of hydrogen-bond donors (Lipinski definition) is 2. The minimum atomic E-state index is -0.919. The first-order valence-electron chi connectivity index (χ1n) is 3.77. The molecular formula is C7H14N2O2. The summed E-state index contributed by atoms with van der Waals surface area (Å²) in [6, 6.07) is 0.109. The second-order valence-electron chi connectivity index (χ2n) is 3.25. The van der Waals surface area contributed by atoms with Crippen molar-refractivity contribution >= 4 is 6.09 Å². The van der Waals surface area contributed by atoms with Crippen LogP contribution in [0, 0.1) is 5.92 Å². The van der Waals surface area contributed by atoms with Crippen LogP contribution in [0.3, 0.4) is 0 Å². The average molecular weight is 158 g/mol. The molecule has 1 aliphatic heterocycles. The summed E-state index contributed by atoms with van der Waals surface area (Å²) in [5.74, 6) is 0.427. The Bertz CT molecular complexity index is 161. The monoisotopic (exact) mass is 158 g/mol. The zero-order valence-corrected chi connectivity index (χ0v) is 6.87. The van der Waals surface area contributed by atoms with E-state index in [0.29, 0.717) is 5.92 Å². The highest BCUT2D eigenvalue weighted by Crippen LogP contribution is 2.13. The number of likely N-dealkylation sites (N-methyl/N-ethyl adjacent to an activating group) is 1. The summed E-state index contributed by atoms with van der Waals surface area (Å²) in [6.07, 6.45) is -0.919. The molecule has 1 aliphatic rings. The number of carboxylic acid groups (broad SMARTS) is 1. The van der Waals surface area contributed by atoms with Gasteiger partial charge in [0, 0.05) is 19.1 Å². The molecule has 0 spiro atoms. The van der Waals surface area contributed by atoms with Gasteiger partial charge in [-0.15, -0.1) is 0 Å². The van der Waals surface area contributed by atoms with Crippen molar-refractivity contribution in [3.8, 4) is 0 Å². The van der Waals surface area contributed by atoms with E-state index in [1.807, 2.05) is 7.05 Å². The van der Waals surface area contributed by atoms with Crippen LogP contribution in [0.5, 0.6) is 0 Å². The first kappa shape index (κ1) is 8.33. The molecule has 1 rings (SSSR count). The van der Waals surface area contributed by atoms with Crippen LogP contribution in [-0.2, 0) is 0 Å². The van der Waals surface area contributed by atoms with E-state index in [2.05, 4.69) is 17.1 Å². The Morgan fingerprint density at radius 3 is 2.64 bits per heavy atom. The molecule has 1 fully saturated rings. The molecule has 0 bridgehead atoms. The summed E-state index contributed by atoms with van der Waals surface area (Å²) >= 11 is 0. The second kappa shape index (κ2) is 3.09. The van der Waals surface area contributed by atoms with Crippen molar-refractivity contribution in [1.29, 1.82) is 0 Å². The van der Waals surface area contributed by atoms with Gasteiger partial charge < -0.3 is 15.3 Å². The van der Waals surface area contributed by atoms with Gasteiger partial charge in [-0.1, -0.05) is 6.92 Å². The van der Waals surface area contributed by atoms with Gasteiger partial charge >= 0.3 is 6.09 Å². The van der Waals surface area contributed by atoms with Crippen molar-refractivity contribution in [3.05, 3.63) is 0 Å². The number of hydrogen-bond acceptors (Lipinski definition) is 2. The Labute approximate surface area is 66.2 Å². The van der Waals surface area contributed by atoms with Gasteiger partial charge in [-0.2, -0.15) is 0 Å². The van der Waals surface area contributed by atoms with E-state index in [0.717, 1.165) is 13.1 Å². The summed E-state index contributed by atoms with van der Waals surface area (Å²) in [4.78, 5) is 12.4. The van der Waals surface area contributed by atoms with Crippen LogP contribution >= 0.6 is 0 Å². The van der Waals surface area contributed by atoms with E-state index in [1.165, 1.54) is 0 Å². The van der Waals surface area contributed by atoms with E-state index in [4.69, 9.17) is 5.11 Å². The molecule has 0 unspecified atom stereocenters. The molecule has 1 heterocycles. The molecule has 0 aromatic heterocycles. The third kappa shape index (κ3) is 2.08. The summed E-state index contributed by atoms with van der Waals surface area (Å²) in [5.41, 5.74) is 0. The Morgan fingerprint density at radius 2 is 2.27 bits per heavy atom. The molecule has 0 aliphatic carbocycles. The standard InChI is InChI=1S/C7H14N2O2/c1-5-3-9(2)4-6(5)8-7(10)11/h5-6,8H,3-4H2,1-2H3,(H,10,11)/t5-,6-/m0/s1. The van der Waals surface area contributed by atoms with Gasteiger partial charge in [0.25, 0.3) is 0 Å². The zero-order valence-electron chi connectivity index (χ0n) is 6.87. The fraction of sp³-hybridized carbons (Fsp3) is 0.857. The maximum atomic E-state index is 10.3. The molecule has 0 radical (unpaired) electrons. The van der Waals surface area contributed by atoms with E-state index in [-0.39, 0.29) is 6.04 Å². The summed E-state index contributed by atoms with van der Waals surface area (Å²) in [7, 11) is 2.00. The molecule has 0 saturated carbocycles. The Hall–Kier alpha value is -0.770. The maximum Gasteiger partial charge on any atom is 0.404 e. The number of nitrogens with zero attached hydrogens (tertiary/aromatic N) is 1. The first-order chi connectivity index (χ1) is 5.09. The van der Waals surface area contributed by atoms with Gasteiger partial charge in [-0.25, -0.2) is 4.79 Å². The van der Waals surface area contributed by atoms with Gasteiger partial charge in [-0.3, -0.25) is 0 Å². The van der Waals surface area contributed by atoms with Crippen molar-refractivity contribution in [1.82, 2.24) is 10.2 Å². The van der Waals surface area contributed by atoms with Gasteiger partial charge in [0.1, 0.15) is 0 Å². The highest BCUT2D eigenvalue weighted by Gasteiger charge is 2.27. The molecule has 0 aromatic rings. The molecular weight excluding hydrogens is 144 g/mol. The van der Waals surface area contributed by atoms with E-state index in [9.17, 15) is 4.79 Å². The van der Waals surface area contributed by atoms with Crippen LogP contribution in [0.1, 0.15) is 6.92 Å². The Kier molecular flexibility index (Phi) is 2.34. The van der Waals surface area contributed by atoms with Gasteiger partial charge in [0.15, 0.2) is 0 Å². The smallest absolute Gasteiger partial charge is 0.404 e.